The lowest BCUT2D eigenvalue weighted by Gasteiger charge is -2.27. The Hall–Kier alpha value is -14.0. The maximum atomic E-state index is 7.31. The number of hydrogen-bond donors (Lipinski definition) is 2. The first-order valence-corrected chi connectivity index (χ1v) is 39.2. The van der Waals surface area contributed by atoms with Crippen LogP contribution in [0.15, 0.2) is 357 Å². The molecule has 111 heavy (non-hydrogen) atoms. The van der Waals surface area contributed by atoms with Gasteiger partial charge < -0.3 is 20.6 Å². The van der Waals surface area contributed by atoms with Crippen molar-refractivity contribution in [2.75, 3.05) is 0 Å². The Labute approximate surface area is 643 Å². The van der Waals surface area contributed by atoms with Gasteiger partial charge in [-0.15, -0.1) is 11.3 Å². The Morgan fingerprint density at radius 2 is 1.09 bits per heavy atom. The molecule has 7 heteroatoms. The van der Waals surface area contributed by atoms with E-state index < -0.39 is 0 Å². The first-order chi connectivity index (χ1) is 54.8. The van der Waals surface area contributed by atoms with Crippen LogP contribution in [-0.2, 0) is 6.42 Å². The number of nitrogens with two attached hydrogens (primary N) is 2. The van der Waals surface area contributed by atoms with Crippen molar-refractivity contribution in [3.05, 3.63) is 396 Å². The number of para-hydroxylation sites is 1. The number of fused-ring (bicyclic) bond motifs is 18. The minimum absolute atomic E-state index is 0.187. The van der Waals surface area contributed by atoms with Crippen molar-refractivity contribution >= 4 is 158 Å². The van der Waals surface area contributed by atoms with Crippen LogP contribution < -0.4 is 21.9 Å². The molecule has 0 amide bonds. The Bertz CT molecular complexity index is 7730. The van der Waals surface area contributed by atoms with E-state index in [9.17, 15) is 0 Å². The molecule has 1 unspecified atom stereocenters. The highest BCUT2D eigenvalue weighted by atomic mass is 32.1. The van der Waals surface area contributed by atoms with Crippen LogP contribution in [0.3, 0.4) is 0 Å². The lowest BCUT2D eigenvalue weighted by atomic mass is 9.82. The Morgan fingerprint density at radius 3 is 1.98 bits per heavy atom. The van der Waals surface area contributed by atoms with Gasteiger partial charge in [-0.05, 0) is 196 Å². The summed E-state index contributed by atoms with van der Waals surface area (Å²) >= 11 is 1.82. The fourth-order valence-corrected chi connectivity index (χ4v) is 19.9. The lowest BCUT2D eigenvalue weighted by Crippen LogP contribution is -2.34. The van der Waals surface area contributed by atoms with E-state index in [-0.39, 0.29) is 5.92 Å². The summed E-state index contributed by atoms with van der Waals surface area (Å²) in [5.74, 6) is 1.25. The van der Waals surface area contributed by atoms with E-state index in [1.54, 1.807) is 0 Å². The molecule has 6 nitrogen and oxygen atoms in total. The van der Waals surface area contributed by atoms with Gasteiger partial charge in [0.25, 0.3) is 0 Å². The molecule has 2 atom stereocenters. The number of nitrogens with zero attached hydrogens (tertiary/aromatic N) is 4. The largest absolute Gasteiger partial charge is 0.398 e. The highest BCUT2D eigenvalue weighted by Crippen LogP contribution is 2.48. The van der Waals surface area contributed by atoms with Crippen molar-refractivity contribution in [1.82, 2.24) is 19.1 Å². The SMILES string of the molecule is N/C(c1ccc2cc(-n3c4cc5ccccc5cc4c4c5cccc(-c6ccc7cc8c9c(n(C%10=CC[C@@H]%11C=C(c%12nc(-c%13cccc%14c%13sc%13ccccc%13%14)nc%13ccccc%12%13)C=CC%11=C%10)c8cc7c6)CC6C=CC=CC6=C9)c5ccc43)ccc2c1)=c1/cccc/c1=C(/N)c1ccc(-c2ccccc2)c2ccccc12. The zero-order valence-corrected chi connectivity index (χ0v) is 61.2. The van der Waals surface area contributed by atoms with Crippen LogP contribution in [0.2, 0.25) is 0 Å². The summed E-state index contributed by atoms with van der Waals surface area (Å²) in [6, 6.07) is 106. The van der Waals surface area contributed by atoms with Crippen LogP contribution in [0.25, 0.3) is 186 Å². The van der Waals surface area contributed by atoms with E-state index in [1.807, 2.05) is 23.5 Å². The number of aromatic nitrogens is 4. The van der Waals surface area contributed by atoms with Gasteiger partial charge in [0.05, 0.1) is 27.8 Å². The smallest absolute Gasteiger partial charge is 0.161 e. The summed E-state index contributed by atoms with van der Waals surface area (Å²) in [5.41, 5.74) is 37.9. The summed E-state index contributed by atoms with van der Waals surface area (Å²) < 4.78 is 7.56. The van der Waals surface area contributed by atoms with Gasteiger partial charge in [0.1, 0.15) is 0 Å². The average Bonchev–Trinajstić information content (AvgIpc) is 1.57. The molecule has 4 N–H and O–H groups in total. The molecule has 4 aromatic heterocycles. The molecule has 0 spiro atoms. The molecule has 520 valence electrons. The summed E-state index contributed by atoms with van der Waals surface area (Å²) in [4.78, 5) is 10.7. The van der Waals surface area contributed by atoms with E-state index in [0.29, 0.717) is 17.3 Å². The third-order valence-electron chi connectivity index (χ3n) is 24.1. The predicted molar refractivity (Wildman–Crippen MR) is 469 cm³/mol. The molecule has 23 rings (SSSR count). The number of rotatable bonds is 8. The monoisotopic (exact) mass is 1430 g/mol. The topological polar surface area (TPSA) is 87.7 Å². The number of allylic oxidation sites excluding steroid dienone is 13. The second kappa shape index (κ2) is 24.8. The first kappa shape index (κ1) is 63.1. The van der Waals surface area contributed by atoms with E-state index in [1.165, 1.54) is 125 Å². The van der Waals surface area contributed by atoms with Crippen molar-refractivity contribution in [1.29, 1.82) is 0 Å². The highest BCUT2D eigenvalue weighted by Gasteiger charge is 2.30. The minimum atomic E-state index is 0.187. The average molecular weight is 1430 g/mol. The summed E-state index contributed by atoms with van der Waals surface area (Å²) in [7, 11) is 0. The van der Waals surface area contributed by atoms with E-state index in [4.69, 9.17) is 21.4 Å². The number of hydrogen-bond acceptors (Lipinski definition) is 5. The van der Waals surface area contributed by atoms with Gasteiger partial charge in [0.2, 0.25) is 0 Å². The molecular weight excluding hydrogens is 1370 g/mol. The Kier molecular flexibility index (Phi) is 14.1. The lowest BCUT2D eigenvalue weighted by molar-refractivity contribution is 0.724. The Balaban J connectivity index is 0.608. The molecule has 0 fully saturated rings. The van der Waals surface area contributed by atoms with Crippen LogP contribution in [-0.4, -0.2) is 19.1 Å². The highest BCUT2D eigenvalue weighted by molar-refractivity contribution is 7.26. The molecule has 0 bridgehead atoms. The quantitative estimate of drug-likeness (QED) is 0.159. The molecular formula is C104H68N6S. The zero-order chi connectivity index (χ0) is 73.1. The molecule has 4 aliphatic rings. The van der Waals surface area contributed by atoms with Crippen molar-refractivity contribution in [2.45, 2.75) is 12.8 Å². The van der Waals surface area contributed by atoms with Crippen LogP contribution in [0.1, 0.15) is 34.5 Å². The first-order valence-electron chi connectivity index (χ1n) is 38.4. The van der Waals surface area contributed by atoms with Gasteiger partial charge in [-0.3, -0.25) is 0 Å². The van der Waals surface area contributed by atoms with Gasteiger partial charge in [-0.2, -0.15) is 0 Å². The van der Waals surface area contributed by atoms with Gasteiger partial charge in [0.15, 0.2) is 5.82 Å². The maximum Gasteiger partial charge on any atom is 0.161 e. The van der Waals surface area contributed by atoms with Crippen molar-refractivity contribution in [3.8, 4) is 39.3 Å². The number of benzene rings is 15. The third-order valence-corrected chi connectivity index (χ3v) is 25.3. The fourth-order valence-electron chi connectivity index (χ4n) is 18.7. The van der Waals surface area contributed by atoms with Crippen molar-refractivity contribution < 1.29 is 0 Å². The van der Waals surface area contributed by atoms with Gasteiger partial charge in [0, 0.05) is 109 Å². The molecule has 19 aromatic rings. The standard InChI is InChI=1S/C104H68N6S/c105-100(84-27-10-11-28-85(84)101(106)86-47-46-78(61-18-2-1-3-19-61)79-24-8-9-25-80(79)86)72-40-37-68-53-75(44-42-66(68)50-72)109-94-49-48-81-77(30-16-31-83(81)99(94)92-57-63-21-5-7-23-65(63)59-97(92)109)71-39-36-70-56-91-90-55-62-20-4-6-22-64(62)58-95(90)110(96(91)60-74(70)52-71)76-45-43-67-51-73(41-38-69(67)54-76)102-88-29-12-14-34-93(88)107-104(108-102)89-33-17-32-87-82-26-13-15-35-98(82)111-103(87)89/h1-42,44-57,59-60,64,67H,43,58,105-106H2/b100-84-,101-85-/t64?,67-/m1/s1. The Morgan fingerprint density at radius 1 is 0.414 bits per heavy atom. The van der Waals surface area contributed by atoms with Gasteiger partial charge in [-0.1, -0.05) is 267 Å². The predicted octanol–water partition coefficient (Wildman–Crippen LogP) is 24.2. The fraction of sp³-hybridized carbons (Fsp3) is 0.0385. The second-order valence-corrected chi connectivity index (χ2v) is 31.2. The molecule has 0 saturated carbocycles. The van der Waals surface area contributed by atoms with Gasteiger partial charge in [-0.25, -0.2) is 9.97 Å². The van der Waals surface area contributed by atoms with Gasteiger partial charge >= 0.3 is 0 Å². The zero-order valence-electron chi connectivity index (χ0n) is 60.4. The van der Waals surface area contributed by atoms with Crippen molar-refractivity contribution in [3.63, 3.8) is 0 Å². The molecule has 15 aromatic carbocycles. The van der Waals surface area contributed by atoms with E-state index in [2.05, 4.69) is 349 Å². The van der Waals surface area contributed by atoms with Crippen molar-refractivity contribution in [2.24, 2.45) is 23.3 Å². The normalized spacial score (nSPS) is 16.0. The van der Waals surface area contributed by atoms with Crippen LogP contribution in [0.5, 0.6) is 0 Å². The number of thiophene rings is 1. The summed E-state index contributed by atoms with van der Waals surface area (Å²) in [6.45, 7) is 0. The molecule has 0 radical (unpaired) electrons. The second-order valence-electron chi connectivity index (χ2n) is 30.2. The van der Waals surface area contributed by atoms with E-state index in [0.717, 1.165) is 106 Å². The molecule has 4 heterocycles. The maximum absolute atomic E-state index is 7.31. The van der Waals surface area contributed by atoms with Crippen LogP contribution in [0.4, 0.5) is 0 Å². The van der Waals surface area contributed by atoms with E-state index >= 15 is 0 Å². The van der Waals surface area contributed by atoms with Crippen LogP contribution >= 0.6 is 11.3 Å². The molecule has 4 aliphatic carbocycles. The molecule has 0 aliphatic heterocycles. The van der Waals surface area contributed by atoms with Crippen LogP contribution in [0, 0.1) is 11.8 Å². The molecule has 0 saturated heterocycles. The third kappa shape index (κ3) is 10.0. The summed E-state index contributed by atoms with van der Waals surface area (Å²) in [6.07, 6.45) is 25.4. The summed E-state index contributed by atoms with van der Waals surface area (Å²) in [5, 5.41) is 20.8. The minimum Gasteiger partial charge on any atom is -0.398 e.